The zero-order chi connectivity index (χ0) is 19.6. The average molecular weight is 396 g/mol. The number of aromatic nitrogens is 2. The van der Waals surface area contributed by atoms with Crippen molar-refractivity contribution in [2.45, 2.75) is 32.1 Å². The minimum absolute atomic E-state index is 0.0794. The Labute approximate surface area is 169 Å². The summed E-state index contributed by atoms with van der Waals surface area (Å²) in [5, 5.41) is 5.99. The molecule has 5 nitrogen and oxygen atoms in total. The molecule has 6 heteroatoms. The fraction of sp³-hybridized carbons (Fsp3) is 0.318. The molecule has 1 amide bonds. The highest BCUT2D eigenvalue weighted by Gasteiger charge is 2.07. The van der Waals surface area contributed by atoms with Gasteiger partial charge in [-0.3, -0.25) is 9.78 Å². The Kier molecular flexibility index (Phi) is 7.55. The van der Waals surface area contributed by atoms with Crippen LogP contribution in [0, 0.1) is 0 Å². The highest BCUT2D eigenvalue weighted by atomic mass is 32.1. The summed E-state index contributed by atoms with van der Waals surface area (Å²) in [6.45, 7) is 0.702. The SMILES string of the molecule is COc1ccccc1CCCCNC(=O)CCc1csc(-c2ccncc2)n1. The minimum atomic E-state index is 0.0794. The first-order valence-electron chi connectivity index (χ1n) is 9.49. The number of amides is 1. The predicted octanol–water partition coefficient (Wildman–Crippen LogP) is 4.29. The first-order chi connectivity index (χ1) is 13.8. The summed E-state index contributed by atoms with van der Waals surface area (Å²) >= 11 is 1.60. The van der Waals surface area contributed by atoms with Crippen LogP contribution in [0.15, 0.2) is 54.2 Å². The number of ether oxygens (including phenoxy) is 1. The van der Waals surface area contributed by atoms with Gasteiger partial charge in [-0.2, -0.15) is 0 Å². The molecule has 3 aromatic rings. The quantitative estimate of drug-likeness (QED) is 0.520. The van der Waals surface area contributed by atoms with Gasteiger partial charge in [0.05, 0.1) is 12.8 Å². The monoisotopic (exact) mass is 395 g/mol. The van der Waals surface area contributed by atoms with Gasteiger partial charge in [-0.25, -0.2) is 4.98 Å². The van der Waals surface area contributed by atoms with Crippen molar-refractivity contribution in [3.8, 4) is 16.3 Å². The van der Waals surface area contributed by atoms with Crippen LogP contribution < -0.4 is 10.1 Å². The average Bonchev–Trinajstić information content (AvgIpc) is 3.22. The van der Waals surface area contributed by atoms with Crippen LogP contribution in [-0.4, -0.2) is 29.5 Å². The first-order valence-corrected chi connectivity index (χ1v) is 10.4. The van der Waals surface area contributed by atoms with Crippen LogP contribution in [0.25, 0.3) is 10.6 Å². The lowest BCUT2D eigenvalue weighted by Crippen LogP contribution is -2.24. The van der Waals surface area contributed by atoms with Gasteiger partial charge in [0.25, 0.3) is 0 Å². The highest BCUT2D eigenvalue weighted by molar-refractivity contribution is 7.13. The topological polar surface area (TPSA) is 64.1 Å². The molecule has 0 radical (unpaired) electrons. The molecule has 0 saturated heterocycles. The molecule has 0 aliphatic rings. The van der Waals surface area contributed by atoms with Crippen molar-refractivity contribution < 1.29 is 9.53 Å². The number of unbranched alkanes of at least 4 members (excludes halogenated alkanes) is 1. The number of thiazole rings is 1. The molecule has 2 heterocycles. The number of hydrogen-bond donors (Lipinski definition) is 1. The molecule has 146 valence electrons. The molecule has 0 unspecified atom stereocenters. The maximum Gasteiger partial charge on any atom is 0.220 e. The lowest BCUT2D eigenvalue weighted by Gasteiger charge is -2.08. The number of carbonyl (C=O) groups excluding carboxylic acids is 1. The van der Waals surface area contributed by atoms with E-state index < -0.39 is 0 Å². The number of aryl methyl sites for hydroxylation is 2. The number of benzene rings is 1. The molecule has 0 spiro atoms. The summed E-state index contributed by atoms with van der Waals surface area (Å²) < 4.78 is 5.37. The maximum atomic E-state index is 12.1. The van der Waals surface area contributed by atoms with Gasteiger partial charge in [-0.05, 0) is 49.4 Å². The number of para-hydroxylation sites is 1. The molecule has 1 aromatic carbocycles. The van der Waals surface area contributed by atoms with Gasteiger partial charge in [-0.1, -0.05) is 18.2 Å². The van der Waals surface area contributed by atoms with Gasteiger partial charge in [0.2, 0.25) is 5.91 Å². The minimum Gasteiger partial charge on any atom is -0.496 e. The Bertz CT molecular complexity index is 880. The van der Waals surface area contributed by atoms with E-state index in [1.807, 2.05) is 35.7 Å². The molecular formula is C22H25N3O2S. The van der Waals surface area contributed by atoms with E-state index in [9.17, 15) is 4.79 Å². The second-order valence-corrected chi connectivity index (χ2v) is 7.36. The lowest BCUT2D eigenvalue weighted by molar-refractivity contribution is -0.121. The summed E-state index contributed by atoms with van der Waals surface area (Å²) in [5.74, 6) is 1.01. The van der Waals surface area contributed by atoms with Crippen molar-refractivity contribution >= 4 is 17.2 Å². The van der Waals surface area contributed by atoms with Crippen LogP contribution in [0.1, 0.15) is 30.5 Å². The van der Waals surface area contributed by atoms with Crippen molar-refractivity contribution in [2.75, 3.05) is 13.7 Å². The fourth-order valence-corrected chi connectivity index (χ4v) is 3.82. The number of carbonyl (C=O) groups is 1. The van der Waals surface area contributed by atoms with Crippen molar-refractivity contribution in [2.24, 2.45) is 0 Å². The van der Waals surface area contributed by atoms with E-state index in [0.29, 0.717) is 19.4 Å². The molecule has 3 rings (SSSR count). The van der Waals surface area contributed by atoms with Crippen LogP contribution in [0.5, 0.6) is 5.75 Å². The molecule has 0 bridgehead atoms. The van der Waals surface area contributed by atoms with Crippen LogP contribution in [-0.2, 0) is 17.6 Å². The van der Waals surface area contributed by atoms with Gasteiger partial charge < -0.3 is 10.1 Å². The third-order valence-corrected chi connectivity index (χ3v) is 5.41. The molecule has 2 aromatic heterocycles. The largest absolute Gasteiger partial charge is 0.496 e. The maximum absolute atomic E-state index is 12.1. The Morgan fingerprint density at radius 3 is 2.75 bits per heavy atom. The molecule has 1 N–H and O–H groups in total. The van der Waals surface area contributed by atoms with E-state index in [4.69, 9.17) is 4.74 Å². The van der Waals surface area contributed by atoms with Gasteiger partial charge in [0.1, 0.15) is 10.8 Å². The normalized spacial score (nSPS) is 10.6. The number of rotatable bonds is 10. The van der Waals surface area contributed by atoms with Gasteiger partial charge in [0.15, 0.2) is 0 Å². The number of pyridine rings is 1. The van der Waals surface area contributed by atoms with Crippen molar-refractivity contribution in [3.63, 3.8) is 0 Å². The standard InChI is InChI=1S/C22H25N3O2S/c1-27-20-8-3-2-6-17(20)7-4-5-13-24-21(26)10-9-19-16-28-22(25-19)18-11-14-23-15-12-18/h2-3,6,8,11-12,14-16H,4-5,7,9-10,13H2,1H3,(H,24,26). The van der Waals surface area contributed by atoms with Crippen molar-refractivity contribution in [3.05, 3.63) is 65.4 Å². The predicted molar refractivity (Wildman–Crippen MR) is 113 cm³/mol. The van der Waals surface area contributed by atoms with Crippen LogP contribution >= 0.6 is 11.3 Å². The van der Waals surface area contributed by atoms with Gasteiger partial charge in [-0.15, -0.1) is 11.3 Å². The Morgan fingerprint density at radius 2 is 1.93 bits per heavy atom. The van der Waals surface area contributed by atoms with Crippen molar-refractivity contribution in [1.29, 1.82) is 0 Å². The fourth-order valence-electron chi connectivity index (χ4n) is 2.96. The van der Waals surface area contributed by atoms with E-state index in [2.05, 4.69) is 21.4 Å². The number of nitrogens with zero attached hydrogens (tertiary/aromatic N) is 2. The van der Waals surface area contributed by atoms with Gasteiger partial charge >= 0.3 is 0 Å². The summed E-state index contributed by atoms with van der Waals surface area (Å²) in [6, 6.07) is 12.0. The van der Waals surface area contributed by atoms with Crippen LogP contribution in [0.3, 0.4) is 0 Å². The van der Waals surface area contributed by atoms with E-state index in [0.717, 1.165) is 41.3 Å². The summed E-state index contributed by atoms with van der Waals surface area (Å²) in [4.78, 5) is 20.7. The summed E-state index contributed by atoms with van der Waals surface area (Å²) in [5.41, 5.74) is 3.23. The van der Waals surface area contributed by atoms with Crippen LogP contribution in [0.4, 0.5) is 0 Å². The molecule has 0 fully saturated rings. The smallest absolute Gasteiger partial charge is 0.220 e. The number of nitrogens with one attached hydrogen (secondary N) is 1. The van der Waals surface area contributed by atoms with Crippen molar-refractivity contribution in [1.82, 2.24) is 15.3 Å². The third-order valence-electron chi connectivity index (χ3n) is 4.47. The molecule has 0 atom stereocenters. The van der Waals surface area contributed by atoms with E-state index in [1.54, 1.807) is 30.8 Å². The zero-order valence-corrected chi connectivity index (χ0v) is 16.9. The van der Waals surface area contributed by atoms with Gasteiger partial charge in [0, 0.05) is 36.3 Å². The van der Waals surface area contributed by atoms with E-state index >= 15 is 0 Å². The number of methoxy groups -OCH3 is 1. The molecular weight excluding hydrogens is 370 g/mol. The Hall–Kier alpha value is -2.73. The summed E-state index contributed by atoms with van der Waals surface area (Å²) in [7, 11) is 1.70. The lowest BCUT2D eigenvalue weighted by atomic mass is 10.1. The van der Waals surface area contributed by atoms with E-state index in [-0.39, 0.29) is 5.91 Å². The second-order valence-electron chi connectivity index (χ2n) is 6.50. The second kappa shape index (κ2) is 10.6. The molecule has 0 aliphatic carbocycles. The zero-order valence-electron chi connectivity index (χ0n) is 16.1. The first kappa shape index (κ1) is 20.0. The Morgan fingerprint density at radius 1 is 1.11 bits per heavy atom. The highest BCUT2D eigenvalue weighted by Crippen LogP contribution is 2.23. The molecule has 0 aliphatic heterocycles. The molecule has 28 heavy (non-hydrogen) atoms. The molecule has 0 saturated carbocycles. The number of hydrogen-bond acceptors (Lipinski definition) is 5. The third kappa shape index (κ3) is 5.89. The van der Waals surface area contributed by atoms with E-state index in [1.165, 1.54) is 5.56 Å². The summed E-state index contributed by atoms with van der Waals surface area (Å²) in [6.07, 6.45) is 7.57. The van der Waals surface area contributed by atoms with Crippen LogP contribution in [0.2, 0.25) is 0 Å². The Balaban J connectivity index is 1.33.